The number of rotatable bonds is 2. The Morgan fingerprint density at radius 2 is 1.77 bits per heavy atom. The zero-order valence-corrected chi connectivity index (χ0v) is 13.5. The van der Waals surface area contributed by atoms with E-state index in [2.05, 4.69) is 5.32 Å². The molecule has 2 fully saturated rings. The second-order valence-electron chi connectivity index (χ2n) is 6.30. The molecule has 3 amide bonds. The maximum atomic E-state index is 13.0. The van der Waals surface area contributed by atoms with Gasteiger partial charge in [-0.3, -0.25) is 9.69 Å². The Labute approximate surface area is 135 Å². The number of hydrogen-bond donors (Lipinski definition) is 1. The van der Waals surface area contributed by atoms with Crippen LogP contribution in [0, 0.1) is 0 Å². The summed E-state index contributed by atoms with van der Waals surface area (Å²) >= 11 is 6.23. The van der Waals surface area contributed by atoms with E-state index in [0.717, 1.165) is 44.1 Å². The molecule has 22 heavy (non-hydrogen) atoms. The lowest BCUT2D eigenvalue weighted by Gasteiger charge is -2.27. The van der Waals surface area contributed by atoms with Crippen molar-refractivity contribution in [2.45, 2.75) is 57.0 Å². The van der Waals surface area contributed by atoms with Gasteiger partial charge in [-0.1, -0.05) is 55.5 Å². The number of halogens is 1. The summed E-state index contributed by atoms with van der Waals surface area (Å²) in [5, 5.41) is 3.55. The number of imide groups is 1. The number of hydrogen-bond acceptors (Lipinski definition) is 2. The van der Waals surface area contributed by atoms with Crippen molar-refractivity contribution in [3.8, 4) is 0 Å². The van der Waals surface area contributed by atoms with Crippen LogP contribution in [-0.4, -0.2) is 22.4 Å². The van der Waals surface area contributed by atoms with E-state index in [4.69, 9.17) is 11.6 Å². The van der Waals surface area contributed by atoms with Crippen LogP contribution in [0.5, 0.6) is 0 Å². The molecule has 0 radical (unpaired) electrons. The first-order valence-electron chi connectivity index (χ1n) is 7.95. The standard InChI is InChI=1S/C17H21ClN2O2/c1-12(13-8-4-5-9-14(13)18)20-15(21)17(19-16(20)22)10-6-2-3-7-11-17/h4-5,8-9,12H,2-3,6-7,10-11H2,1H3,(H,19,22)/t12-/m1/s1. The third kappa shape index (κ3) is 2.50. The van der Waals surface area contributed by atoms with Crippen molar-refractivity contribution >= 4 is 23.5 Å². The zero-order valence-electron chi connectivity index (χ0n) is 12.8. The Morgan fingerprint density at radius 1 is 1.14 bits per heavy atom. The number of urea groups is 1. The van der Waals surface area contributed by atoms with Crippen molar-refractivity contribution in [2.75, 3.05) is 0 Å². The normalized spacial score (nSPS) is 22.5. The molecule has 1 aromatic carbocycles. The minimum Gasteiger partial charge on any atom is -0.323 e. The second kappa shape index (κ2) is 5.92. The summed E-state index contributed by atoms with van der Waals surface area (Å²) < 4.78 is 0. The summed E-state index contributed by atoms with van der Waals surface area (Å²) in [4.78, 5) is 26.8. The first-order chi connectivity index (χ1) is 10.6. The largest absolute Gasteiger partial charge is 0.325 e. The molecule has 1 heterocycles. The summed E-state index contributed by atoms with van der Waals surface area (Å²) in [5.74, 6) is -0.0909. The molecule has 3 rings (SSSR count). The number of nitrogens with one attached hydrogen (secondary N) is 1. The van der Waals surface area contributed by atoms with E-state index < -0.39 is 5.54 Å². The van der Waals surface area contributed by atoms with Gasteiger partial charge in [0.2, 0.25) is 0 Å². The van der Waals surface area contributed by atoms with E-state index in [9.17, 15) is 9.59 Å². The molecule has 118 valence electrons. The summed E-state index contributed by atoms with van der Waals surface area (Å²) in [6.07, 6.45) is 5.71. The van der Waals surface area contributed by atoms with Gasteiger partial charge in [0.1, 0.15) is 5.54 Å². The molecular formula is C17H21ClN2O2. The Balaban J connectivity index is 1.90. The SMILES string of the molecule is C[C@H](c1ccccc1Cl)N1C(=O)NC2(CCCCCC2)C1=O. The number of benzene rings is 1. The molecular weight excluding hydrogens is 300 g/mol. The van der Waals surface area contributed by atoms with Crippen LogP contribution in [0.1, 0.15) is 57.1 Å². The Bertz CT molecular complexity index is 594. The van der Waals surface area contributed by atoms with Gasteiger partial charge < -0.3 is 5.32 Å². The highest BCUT2D eigenvalue weighted by Crippen LogP contribution is 2.37. The predicted molar refractivity (Wildman–Crippen MR) is 85.7 cm³/mol. The fraction of sp³-hybridized carbons (Fsp3) is 0.529. The summed E-state index contributed by atoms with van der Waals surface area (Å²) in [6, 6.07) is 6.72. The molecule has 0 bridgehead atoms. The topological polar surface area (TPSA) is 49.4 Å². The molecule has 1 saturated heterocycles. The molecule has 1 atom stereocenters. The van der Waals surface area contributed by atoms with Gasteiger partial charge >= 0.3 is 6.03 Å². The quantitative estimate of drug-likeness (QED) is 0.836. The zero-order chi connectivity index (χ0) is 15.7. The minimum atomic E-state index is -0.691. The number of nitrogens with zero attached hydrogens (tertiary/aromatic N) is 1. The van der Waals surface area contributed by atoms with Crippen LogP contribution in [0.4, 0.5) is 4.79 Å². The molecule has 0 aromatic heterocycles. The van der Waals surface area contributed by atoms with Crippen LogP contribution in [0.3, 0.4) is 0 Å². The highest BCUT2D eigenvalue weighted by molar-refractivity contribution is 6.31. The summed E-state index contributed by atoms with van der Waals surface area (Å²) in [5.41, 5.74) is 0.113. The molecule has 1 N–H and O–H groups in total. The van der Waals surface area contributed by atoms with Gasteiger partial charge in [0, 0.05) is 5.02 Å². The molecule has 1 aliphatic carbocycles. The minimum absolute atomic E-state index is 0.0909. The Hall–Kier alpha value is -1.55. The fourth-order valence-electron chi connectivity index (χ4n) is 3.62. The van der Waals surface area contributed by atoms with E-state index in [1.165, 1.54) is 4.90 Å². The number of carbonyl (C=O) groups is 2. The van der Waals surface area contributed by atoms with Gasteiger partial charge in [0.25, 0.3) is 5.91 Å². The lowest BCUT2D eigenvalue weighted by molar-refractivity contribution is -0.133. The maximum Gasteiger partial charge on any atom is 0.325 e. The molecule has 1 saturated carbocycles. The van der Waals surface area contributed by atoms with Crippen LogP contribution < -0.4 is 5.32 Å². The molecule has 1 spiro atoms. The third-order valence-corrected chi connectivity index (χ3v) is 5.24. The van der Waals surface area contributed by atoms with Crippen molar-refractivity contribution in [3.05, 3.63) is 34.9 Å². The fourth-order valence-corrected chi connectivity index (χ4v) is 3.91. The van der Waals surface area contributed by atoms with Crippen molar-refractivity contribution in [1.29, 1.82) is 0 Å². The van der Waals surface area contributed by atoms with Gasteiger partial charge in [0.05, 0.1) is 6.04 Å². The van der Waals surface area contributed by atoms with E-state index >= 15 is 0 Å². The van der Waals surface area contributed by atoms with Gasteiger partial charge in [-0.15, -0.1) is 0 Å². The first kappa shape index (κ1) is 15.3. The average Bonchev–Trinajstić information content (AvgIpc) is 2.66. The maximum absolute atomic E-state index is 13.0. The van der Waals surface area contributed by atoms with E-state index in [0.29, 0.717) is 5.02 Å². The van der Waals surface area contributed by atoms with Crippen LogP contribution in [-0.2, 0) is 4.79 Å². The molecule has 1 aliphatic heterocycles. The van der Waals surface area contributed by atoms with Gasteiger partial charge in [-0.2, -0.15) is 0 Å². The highest BCUT2D eigenvalue weighted by Gasteiger charge is 2.52. The molecule has 5 heteroatoms. The van der Waals surface area contributed by atoms with E-state index in [1.807, 2.05) is 25.1 Å². The lowest BCUT2D eigenvalue weighted by Crippen LogP contribution is -2.46. The number of carbonyl (C=O) groups excluding carboxylic acids is 2. The van der Waals surface area contributed by atoms with Crippen molar-refractivity contribution in [1.82, 2.24) is 10.2 Å². The first-order valence-corrected chi connectivity index (χ1v) is 8.33. The van der Waals surface area contributed by atoms with Crippen LogP contribution >= 0.6 is 11.6 Å². The molecule has 2 aliphatic rings. The molecule has 0 unspecified atom stereocenters. The molecule has 4 nitrogen and oxygen atoms in total. The third-order valence-electron chi connectivity index (χ3n) is 4.89. The Kier molecular flexibility index (Phi) is 4.13. The van der Waals surface area contributed by atoms with Gasteiger partial charge in [0.15, 0.2) is 0 Å². The van der Waals surface area contributed by atoms with Crippen LogP contribution in [0.25, 0.3) is 0 Å². The van der Waals surface area contributed by atoms with E-state index in [1.54, 1.807) is 6.07 Å². The van der Waals surface area contributed by atoms with E-state index in [-0.39, 0.29) is 18.0 Å². The smallest absolute Gasteiger partial charge is 0.323 e. The number of amides is 3. The van der Waals surface area contributed by atoms with Crippen molar-refractivity contribution in [2.24, 2.45) is 0 Å². The lowest BCUT2D eigenvalue weighted by atomic mass is 9.90. The van der Waals surface area contributed by atoms with Gasteiger partial charge in [-0.05, 0) is 31.4 Å². The van der Waals surface area contributed by atoms with Crippen molar-refractivity contribution < 1.29 is 9.59 Å². The highest BCUT2D eigenvalue weighted by atomic mass is 35.5. The van der Waals surface area contributed by atoms with Crippen LogP contribution in [0.2, 0.25) is 5.02 Å². The van der Waals surface area contributed by atoms with Crippen molar-refractivity contribution in [3.63, 3.8) is 0 Å². The Morgan fingerprint density at radius 3 is 2.41 bits per heavy atom. The predicted octanol–water partition coefficient (Wildman–Crippen LogP) is 4.05. The van der Waals surface area contributed by atoms with Gasteiger partial charge in [-0.25, -0.2) is 4.79 Å². The van der Waals surface area contributed by atoms with Crippen LogP contribution in [0.15, 0.2) is 24.3 Å². The second-order valence-corrected chi connectivity index (χ2v) is 6.71. The monoisotopic (exact) mass is 320 g/mol. The summed E-state index contributed by atoms with van der Waals surface area (Å²) in [7, 11) is 0. The average molecular weight is 321 g/mol. The summed E-state index contributed by atoms with van der Waals surface area (Å²) in [6.45, 7) is 1.86. The molecule has 1 aromatic rings.